The van der Waals surface area contributed by atoms with E-state index in [1.165, 1.54) is 12.8 Å². The molecule has 3 heteroatoms. The Balaban J connectivity index is 2.10. The maximum absolute atomic E-state index is 5.10. The third-order valence-electron chi connectivity index (χ3n) is 1.23. The summed E-state index contributed by atoms with van der Waals surface area (Å²) in [6.45, 7) is 0.836. The number of nitrogens with two attached hydrogens (primary N) is 2. The second-order valence-electron chi connectivity index (χ2n) is 2.21. The smallest absolute Gasteiger partial charge is 0.185 e. The van der Waals surface area contributed by atoms with Crippen LogP contribution < -0.4 is 11.5 Å². The molecule has 8 heavy (non-hydrogen) atoms. The van der Waals surface area contributed by atoms with Crippen molar-refractivity contribution in [1.82, 2.24) is 0 Å². The molecule has 0 aromatic carbocycles. The third-order valence-corrected chi connectivity index (χ3v) is 1.23. The summed E-state index contributed by atoms with van der Waals surface area (Å²) < 4.78 is 0. The molecular formula is C5H11N3. The molecule has 0 amide bonds. The average Bonchev–Trinajstić information content (AvgIpc) is 2.41. The van der Waals surface area contributed by atoms with Gasteiger partial charge in [-0.1, -0.05) is 0 Å². The number of guanidine groups is 1. The van der Waals surface area contributed by atoms with Crippen LogP contribution in [-0.4, -0.2) is 12.5 Å². The molecule has 1 saturated carbocycles. The average molecular weight is 113 g/mol. The van der Waals surface area contributed by atoms with Crippen LogP contribution in [0.25, 0.3) is 0 Å². The third kappa shape index (κ3) is 1.82. The molecule has 4 N–H and O–H groups in total. The Morgan fingerprint density at radius 1 is 1.50 bits per heavy atom. The van der Waals surface area contributed by atoms with Crippen LogP contribution in [-0.2, 0) is 0 Å². The van der Waals surface area contributed by atoms with Gasteiger partial charge in [0.2, 0.25) is 0 Å². The Labute approximate surface area is 48.8 Å². The van der Waals surface area contributed by atoms with Crippen LogP contribution in [0.2, 0.25) is 0 Å². The van der Waals surface area contributed by atoms with Gasteiger partial charge in [-0.25, -0.2) is 0 Å². The van der Waals surface area contributed by atoms with Crippen molar-refractivity contribution in [2.75, 3.05) is 6.54 Å². The largest absolute Gasteiger partial charge is 0.370 e. The number of rotatable bonds is 2. The zero-order valence-corrected chi connectivity index (χ0v) is 4.80. The minimum atomic E-state index is 0.219. The van der Waals surface area contributed by atoms with Gasteiger partial charge in [-0.3, -0.25) is 4.99 Å². The molecule has 0 spiro atoms. The summed E-state index contributed by atoms with van der Waals surface area (Å²) in [4.78, 5) is 3.86. The molecule has 0 aromatic heterocycles. The quantitative estimate of drug-likeness (QED) is 0.380. The zero-order chi connectivity index (χ0) is 5.98. The van der Waals surface area contributed by atoms with Crippen LogP contribution in [0, 0.1) is 5.92 Å². The lowest BCUT2D eigenvalue weighted by atomic mass is 10.4. The van der Waals surface area contributed by atoms with Crippen LogP contribution in [0.15, 0.2) is 4.99 Å². The summed E-state index contributed by atoms with van der Waals surface area (Å²) in [6, 6.07) is 0. The van der Waals surface area contributed by atoms with Gasteiger partial charge < -0.3 is 11.5 Å². The standard InChI is InChI=1S/C5H11N3/c6-5(7)8-3-4-1-2-4/h4H,1-3H2,(H4,6,7,8). The van der Waals surface area contributed by atoms with Crippen molar-refractivity contribution in [3.63, 3.8) is 0 Å². The van der Waals surface area contributed by atoms with Crippen LogP contribution >= 0.6 is 0 Å². The van der Waals surface area contributed by atoms with E-state index in [4.69, 9.17) is 11.5 Å². The molecule has 0 bridgehead atoms. The second kappa shape index (κ2) is 2.03. The van der Waals surface area contributed by atoms with Gasteiger partial charge in [0, 0.05) is 6.54 Å². The van der Waals surface area contributed by atoms with Gasteiger partial charge in [-0.05, 0) is 18.8 Å². The molecule has 0 heterocycles. The van der Waals surface area contributed by atoms with E-state index in [0.29, 0.717) is 0 Å². The van der Waals surface area contributed by atoms with Crippen LogP contribution in [0.4, 0.5) is 0 Å². The van der Waals surface area contributed by atoms with Gasteiger partial charge >= 0.3 is 0 Å². The number of hydrogen-bond donors (Lipinski definition) is 2. The fraction of sp³-hybridized carbons (Fsp3) is 0.800. The Morgan fingerprint density at radius 3 is 2.50 bits per heavy atom. The second-order valence-corrected chi connectivity index (χ2v) is 2.21. The van der Waals surface area contributed by atoms with Gasteiger partial charge in [0.05, 0.1) is 0 Å². The van der Waals surface area contributed by atoms with Crippen molar-refractivity contribution >= 4 is 5.96 Å². The lowest BCUT2D eigenvalue weighted by Crippen LogP contribution is -2.23. The molecule has 1 aliphatic carbocycles. The number of nitrogens with zero attached hydrogens (tertiary/aromatic N) is 1. The van der Waals surface area contributed by atoms with Gasteiger partial charge in [0.25, 0.3) is 0 Å². The van der Waals surface area contributed by atoms with Crippen molar-refractivity contribution in [3.8, 4) is 0 Å². The van der Waals surface area contributed by atoms with Gasteiger partial charge in [0.15, 0.2) is 5.96 Å². The predicted molar refractivity (Wildman–Crippen MR) is 33.4 cm³/mol. The van der Waals surface area contributed by atoms with E-state index < -0.39 is 0 Å². The molecule has 0 atom stereocenters. The number of hydrogen-bond acceptors (Lipinski definition) is 1. The van der Waals surface area contributed by atoms with Crippen LogP contribution in [0.1, 0.15) is 12.8 Å². The van der Waals surface area contributed by atoms with E-state index in [-0.39, 0.29) is 5.96 Å². The maximum atomic E-state index is 5.10. The molecule has 0 aromatic rings. The zero-order valence-electron chi connectivity index (χ0n) is 4.80. The van der Waals surface area contributed by atoms with Crippen LogP contribution in [0.5, 0.6) is 0 Å². The van der Waals surface area contributed by atoms with Gasteiger partial charge in [-0.15, -0.1) is 0 Å². The normalized spacial score (nSPS) is 18.0. The van der Waals surface area contributed by atoms with Crippen molar-refractivity contribution in [1.29, 1.82) is 0 Å². The highest BCUT2D eigenvalue weighted by Crippen LogP contribution is 2.28. The Morgan fingerprint density at radius 2 is 2.12 bits per heavy atom. The minimum absolute atomic E-state index is 0.219. The molecule has 46 valence electrons. The highest BCUT2D eigenvalue weighted by atomic mass is 15.0. The van der Waals surface area contributed by atoms with Crippen molar-refractivity contribution in [2.45, 2.75) is 12.8 Å². The lowest BCUT2D eigenvalue weighted by Gasteiger charge is -1.88. The summed E-state index contributed by atoms with van der Waals surface area (Å²) >= 11 is 0. The topological polar surface area (TPSA) is 64.4 Å². The lowest BCUT2D eigenvalue weighted by molar-refractivity contribution is 0.845. The fourth-order valence-corrected chi connectivity index (χ4v) is 0.535. The Hall–Kier alpha value is -0.730. The molecule has 1 fully saturated rings. The first kappa shape index (κ1) is 5.41. The molecule has 3 nitrogen and oxygen atoms in total. The summed E-state index contributed by atoms with van der Waals surface area (Å²) in [5.41, 5.74) is 10.2. The van der Waals surface area contributed by atoms with E-state index in [9.17, 15) is 0 Å². The van der Waals surface area contributed by atoms with Crippen molar-refractivity contribution in [3.05, 3.63) is 0 Å². The minimum Gasteiger partial charge on any atom is -0.370 e. The molecular weight excluding hydrogens is 102 g/mol. The van der Waals surface area contributed by atoms with E-state index >= 15 is 0 Å². The molecule has 1 rings (SSSR count). The maximum Gasteiger partial charge on any atom is 0.185 e. The first-order chi connectivity index (χ1) is 3.79. The summed E-state index contributed by atoms with van der Waals surface area (Å²) in [7, 11) is 0. The van der Waals surface area contributed by atoms with Crippen molar-refractivity contribution in [2.24, 2.45) is 22.4 Å². The fourth-order valence-electron chi connectivity index (χ4n) is 0.535. The Kier molecular flexibility index (Phi) is 1.37. The monoisotopic (exact) mass is 113 g/mol. The van der Waals surface area contributed by atoms with E-state index in [1.807, 2.05) is 0 Å². The molecule has 1 aliphatic rings. The van der Waals surface area contributed by atoms with E-state index in [0.717, 1.165) is 12.5 Å². The number of aliphatic imine (C=N–C) groups is 1. The first-order valence-corrected chi connectivity index (χ1v) is 2.84. The predicted octanol–water partition coefficient (Wildman–Crippen LogP) is -0.330. The molecule has 0 unspecified atom stereocenters. The SMILES string of the molecule is NC(N)=NCC1CC1. The van der Waals surface area contributed by atoms with Crippen molar-refractivity contribution < 1.29 is 0 Å². The summed E-state index contributed by atoms with van der Waals surface area (Å²) in [5, 5.41) is 0. The highest BCUT2D eigenvalue weighted by molar-refractivity contribution is 5.75. The molecule has 0 saturated heterocycles. The molecule has 0 aliphatic heterocycles. The molecule has 0 radical (unpaired) electrons. The summed E-state index contributed by atoms with van der Waals surface area (Å²) in [5.74, 6) is 1.01. The summed E-state index contributed by atoms with van der Waals surface area (Å²) in [6.07, 6.45) is 2.60. The van der Waals surface area contributed by atoms with Crippen LogP contribution in [0.3, 0.4) is 0 Å². The van der Waals surface area contributed by atoms with E-state index in [1.54, 1.807) is 0 Å². The van der Waals surface area contributed by atoms with Gasteiger partial charge in [0.1, 0.15) is 0 Å². The highest BCUT2D eigenvalue weighted by Gasteiger charge is 2.20. The Bertz CT molecular complexity index is 100. The first-order valence-electron chi connectivity index (χ1n) is 2.84. The van der Waals surface area contributed by atoms with E-state index in [2.05, 4.69) is 4.99 Å². The van der Waals surface area contributed by atoms with Gasteiger partial charge in [-0.2, -0.15) is 0 Å².